The summed E-state index contributed by atoms with van der Waals surface area (Å²) in [6.07, 6.45) is 0.913. The molecule has 2 aromatic heterocycles. The number of aromatic nitrogens is 3. The summed E-state index contributed by atoms with van der Waals surface area (Å²) < 4.78 is 62.9. The van der Waals surface area contributed by atoms with Gasteiger partial charge in [-0.1, -0.05) is 0 Å². The highest BCUT2D eigenvalue weighted by atomic mass is 19.4. The van der Waals surface area contributed by atoms with Crippen LogP contribution < -0.4 is 5.32 Å². The molecule has 0 spiro atoms. The van der Waals surface area contributed by atoms with Gasteiger partial charge in [-0.2, -0.15) is 13.2 Å². The van der Waals surface area contributed by atoms with E-state index in [9.17, 15) is 13.2 Å². The molecule has 178 valence electrons. The van der Waals surface area contributed by atoms with Gasteiger partial charge in [-0.15, -0.1) is 10.2 Å². The number of hydrogen-bond donors (Lipinski definition) is 1. The average molecular weight is 464 g/mol. The van der Waals surface area contributed by atoms with Crippen molar-refractivity contribution in [3.8, 4) is 11.3 Å². The topological polar surface area (TPSA) is 63.2 Å². The largest absolute Gasteiger partial charge is 0.434 e. The van der Waals surface area contributed by atoms with E-state index < -0.39 is 18.4 Å². The van der Waals surface area contributed by atoms with Gasteiger partial charge in [0, 0.05) is 53.3 Å². The van der Waals surface area contributed by atoms with Gasteiger partial charge >= 0.3 is 6.18 Å². The van der Waals surface area contributed by atoms with Gasteiger partial charge in [0.05, 0.1) is 5.69 Å². The van der Waals surface area contributed by atoms with Gasteiger partial charge in [0.1, 0.15) is 5.82 Å². The van der Waals surface area contributed by atoms with Crippen LogP contribution in [0.2, 0.25) is 0 Å². The van der Waals surface area contributed by atoms with Crippen molar-refractivity contribution in [3.63, 3.8) is 0 Å². The van der Waals surface area contributed by atoms with E-state index in [1.807, 2.05) is 4.90 Å². The molecule has 3 fully saturated rings. The first-order valence-corrected chi connectivity index (χ1v) is 11.7. The van der Waals surface area contributed by atoms with Gasteiger partial charge in [-0.05, 0) is 74.1 Å². The Morgan fingerprint density at radius 1 is 1.09 bits per heavy atom. The summed E-state index contributed by atoms with van der Waals surface area (Å²) in [6, 6.07) is 6.17. The summed E-state index contributed by atoms with van der Waals surface area (Å²) in [7, 11) is 0. The highest BCUT2D eigenvalue weighted by Gasteiger charge is 2.41. The molecule has 6 nitrogen and oxygen atoms in total. The van der Waals surface area contributed by atoms with E-state index in [4.69, 9.17) is 7.48 Å². The van der Waals surface area contributed by atoms with Crippen molar-refractivity contribution in [2.75, 3.05) is 38.1 Å². The molecule has 2 saturated heterocycles. The van der Waals surface area contributed by atoms with Gasteiger partial charge in [0.15, 0.2) is 5.69 Å². The van der Waals surface area contributed by atoms with Crippen LogP contribution in [0.1, 0.15) is 40.5 Å². The van der Waals surface area contributed by atoms with E-state index in [0.29, 0.717) is 24.3 Å². The smallest absolute Gasteiger partial charge is 0.381 e. The molecular weight excluding hydrogens is 431 g/mol. The van der Waals surface area contributed by atoms with Crippen molar-refractivity contribution in [1.29, 1.82) is 0 Å². The molecule has 0 amide bonds. The zero-order valence-corrected chi connectivity index (χ0v) is 18.4. The number of pyridine rings is 1. The van der Waals surface area contributed by atoms with E-state index in [1.165, 1.54) is 18.2 Å². The van der Waals surface area contributed by atoms with Crippen molar-refractivity contribution < 1.29 is 20.6 Å². The van der Waals surface area contributed by atoms with Crippen LogP contribution >= 0.6 is 0 Å². The number of nitrogens with one attached hydrogen (secondary N) is 1. The van der Waals surface area contributed by atoms with Gasteiger partial charge in [0.25, 0.3) is 0 Å². The van der Waals surface area contributed by atoms with E-state index in [-0.39, 0.29) is 23.2 Å². The lowest BCUT2D eigenvalue weighted by Gasteiger charge is -2.24. The molecule has 1 N–H and O–H groups in total. The number of likely N-dealkylation sites (tertiary alicyclic amines) is 1. The first-order chi connectivity index (χ1) is 16.7. The van der Waals surface area contributed by atoms with Crippen LogP contribution in [0.3, 0.4) is 0 Å². The Bertz CT molecular complexity index is 1000. The van der Waals surface area contributed by atoms with Crippen LogP contribution in [0, 0.1) is 17.8 Å². The number of nitrogens with zero attached hydrogens (tertiary/aromatic N) is 4. The number of hydrogen-bond acceptors (Lipinski definition) is 6. The SMILES string of the molecule is [2H]C([2H])(C1CCCOCC1)N1CC2CC(Nc3ccc(-c4cccnc4C(F)(F)F)nn3)CC2C1. The molecule has 33 heavy (non-hydrogen) atoms. The minimum atomic E-state index is -4.57. The molecule has 3 atom stereocenters. The van der Waals surface area contributed by atoms with Crippen molar-refractivity contribution in [2.45, 2.75) is 44.3 Å². The lowest BCUT2D eigenvalue weighted by Crippen LogP contribution is -2.30. The number of rotatable bonds is 5. The molecule has 0 radical (unpaired) electrons. The summed E-state index contributed by atoms with van der Waals surface area (Å²) >= 11 is 0. The third-order valence-electron chi connectivity index (χ3n) is 6.94. The molecule has 3 aliphatic rings. The number of alkyl halides is 3. The second kappa shape index (κ2) is 9.54. The van der Waals surface area contributed by atoms with Gasteiger partial charge in [-0.25, -0.2) is 0 Å². The van der Waals surface area contributed by atoms with Crippen LogP contribution in [0.4, 0.5) is 19.0 Å². The Kier molecular flexibility index (Phi) is 5.82. The zero-order valence-electron chi connectivity index (χ0n) is 20.4. The normalized spacial score (nSPS) is 29.8. The summed E-state index contributed by atoms with van der Waals surface area (Å²) in [6.45, 7) is 1.54. The molecule has 3 unspecified atom stereocenters. The molecule has 5 rings (SSSR count). The van der Waals surface area contributed by atoms with Crippen molar-refractivity contribution in [1.82, 2.24) is 20.1 Å². The second-order valence-corrected chi connectivity index (χ2v) is 9.31. The average Bonchev–Trinajstić information content (AvgIpc) is 3.26. The van der Waals surface area contributed by atoms with E-state index in [2.05, 4.69) is 20.5 Å². The fraction of sp³-hybridized carbons (Fsp3) is 0.625. The van der Waals surface area contributed by atoms with Gasteiger partial charge in [0.2, 0.25) is 0 Å². The lowest BCUT2D eigenvalue weighted by molar-refractivity contribution is -0.140. The molecule has 0 aromatic carbocycles. The summed E-state index contributed by atoms with van der Waals surface area (Å²) in [4.78, 5) is 5.51. The maximum atomic E-state index is 13.3. The maximum absolute atomic E-state index is 13.3. The number of anilines is 1. The Hall–Kier alpha value is -2.26. The zero-order chi connectivity index (χ0) is 24.6. The van der Waals surface area contributed by atoms with Crippen molar-refractivity contribution in [2.24, 2.45) is 17.8 Å². The molecule has 1 saturated carbocycles. The van der Waals surface area contributed by atoms with Crippen LogP contribution in [0.25, 0.3) is 11.3 Å². The van der Waals surface area contributed by atoms with Crippen molar-refractivity contribution in [3.05, 3.63) is 36.2 Å². The molecule has 2 aromatic rings. The molecule has 9 heteroatoms. The standard InChI is InChI=1S/C24H30F3N5O/c25-24(26,27)23-20(4-1-8-28-23)21-5-6-22(31-30-21)29-19-11-17-14-32(15-18(17)12-19)13-16-3-2-9-33-10-7-16/h1,4-6,8,16-19H,2-3,7,9-15H2,(H,29,31)/i13D2. The molecule has 4 heterocycles. The quantitative estimate of drug-likeness (QED) is 0.705. The molecule has 2 aliphatic heterocycles. The van der Waals surface area contributed by atoms with Crippen LogP contribution in [-0.2, 0) is 10.9 Å². The number of fused-ring (bicyclic) bond motifs is 1. The fourth-order valence-electron chi connectivity index (χ4n) is 5.41. The number of ether oxygens (including phenoxy) is 1. The molecule has 0 bridgehead atoms. The Morgan fingerprint density at radius 3 is 2.64 bits per heavy atom. The summed E-state index contributed by atoms with van der Waals surface area (Å²) in [5.74, 6) is 1.37. The third-order valence-corrected chi connectivity index (χ3v) is 6.94. The Morgan fingerprint density at radius 2 is 1.91 bits per heavy atom. The fourth-order valence-corrected chi connectivity index (χ4v) is 5.41. The summed E-state index contributed by atoms with van der Waals surface area (Å²) in [5, 5.41) is 11.5. The van der Waals surface area contributed by atoms with Crippen LogP contribution in [0.5, 0.6) is 0 Å². The maximum Gasteiger partial charge on any atom is 0.434 e. The third kappa shape index (κ3) is 5.30. The Labute approximate surface area is 194 Å². The molecule has 1 aliphatic carbocycles. The predicted octanol–water partition coefficient (Wildman–Crippen LogP) is 4.50. The van der Waals surface area contributed by atoms with Crippen molar-refractivity contribution >= 4 is 5.82 Å². The first kappa shape index (κ1) is 20.1. The van der Waals surface area contributed by atoms with Crippen LogP contribution in [-0.4, -0.2) is 58.9 Å². The minimum absolute atomic E-state index is 0.00390. The highest BCUT2D eigenvalue weighted by molar-refractivity contribution is 5.62. The van der Waals surface area contributed by atoms with Gasteiger partial charge < -0.3 is 15.0 Å². The highest BCUT2D eigenvalue weighted by Crippen LogP contribution is 2.40. The monoisotopic (exact) mass is 463 g/mol. The van der Waals surface area contributed by atoms with E-state index in [0.717, 1.165) is 58.0 Å². The lowest BCUT2D eigenvalue weighted by atomic mass is 10.00. The van der Waals surface area contributed by atoms with E-state index in [1.54, 1.807) is 6.07 Å². The van der Waals surface area contributed by atoms with Crippen LogP contribution in [0.15, 0.2) is 30.5 Å². The Balaban J connectivity index is 1.19. The number of halogens is 3. The first-order valence-electron chi connectivity index (χ1n) is 12.7. The summed E-state index contributed by atoms with van der Waals surface area (Å²) in [5.41, 5.74) is -0.940. The minimum Gasteiger partial charge on any atom is -0.381 e. The predicted molar refractivity (Wildman–Crippen MR) is 118 cm³/mol. The second-order valence-electron chi connectivity index (χ2n) is 9.31. The molecular formula is C24H30F3N5O. The van der Waals surface area contributed by atoms with Gasteiger partial charge in [-0.3, -0.25) is 4.98 Å². The van der Waals surface area contributed by atoms with E-state index >= 15 is 0 Å².